The summed E-state index contributed by atoms with van der Waals surface area (Å²) in [6.07, 6.45) is 63.4. The highest BCUT2D eigenvalue weighted by molar-refractivity contribution is 5.76. The first-order valence-corrected chi connectivity index (χ1v) is 28.9. The molecule has 0 aliphatic heterocycles. The molecule has 2 unspecified atom stereocenters. The van der Waals surface area contributed by atoms with Gasteiger partial charge in [-0.2, -0.15) is 0 Å². The van der Waals surface area contributed by atoms with Gasteiger partial charge < -0.3 is 20.3 Å². The molecule has 6 nitrogen and oxygen atoms in total. The lowest BCUT2D eigenvalue weighted by atomic mass is 10.0. The number of nitrogens with one attached hydrogen (secondary N) is 1. The van der Waals surface area contributed by atoms with E-state index in [4.69, 9.17) is 4.74 Å². The van der Waals surface area contributed by atoms with Gasteiger partial charge in [-0.25, -0.2) is 0 Å². The molecule has 0 aliphatic rings. The Morgan fingerprint density at radius 1 is 0.422 bits per heavy atom. The van der Waals surface area contributed by atoms with Gasteiger partial charge >= 0.3 is 5.97 Å². The minimum Gasteiger partial charge on any atom is -0.466 e. The number of ether oxygens (including phenoxy) is 1. The lowest BCUT2D eigenvalue weighted by molar-refractivity contribution is -0.143. The Morgan fingerprint density at radius 2 is 0.734 bits per heavy atom. The Kier molecular flexibility index (Phi) is 53.0. The van der Waals surface area contributed by atoms with Crippen LogP contribution in [-0.4, -0.2) is 47.4 Å². The van der Waals surface area contributed by atoms with Crippen LogP contribution in [-0.2, 0) is 14.3 Å². The Bertz CT molecular complexity index is 955. The van der Waals surface area contributed by atoms with E-state index in [0.717, 1.165) is 38.5 Å². The lowest BCUT2D eigenvalue weighted by Gasteiger charge is -2.22. The first kappa shape index (κ1) is 62.6. The molecular weight excluding hydrogens is 791 g/mol. The second kappa shape index (κ2) is 54.2. The second-order valence-electron chi connectivity index (χ2n) is 20.0. The standard InChI is InChI=1S/C58H113NO5/c1-3-5-7-9-11-13-15-17-24-27-30-34-38-42-46-50-56(61)55(54-60)59-57(62)51-47-43-39-35-31-28-25-22-20-18-19-21-23-26-29-33-37-41-45-49-53-64-58(63)52-48-44-40-36-32-16-14-12-10-8-6-4-2/h18,20,55-56,60-61H,3-17,19,21-54H2,1-2H3,(H,59,62)/b20-18-. The van der Waals surface area contributed by atoms with Gasteiger partial charge in [-0.05, 0) is 51.4 Å². The number of aliphatic hydroxyl groups is 2. The van der Waals surface area contributed by atoms with Crippen LogP contribution in [0.2, 0.25) is 0 Å². The van der Waals surface area contributed by atoms with Gasteiger partial charge in [-0.3, -0.25) is 9.59 Å². The van der Waals surface area contributed by atoms with E-state index in [1.54, 1.807) is 0 Å². The Morgan fingerprint density at radius 3 is 1.11 bits per heavy atom. The van der Waals surface area contributed by atoms with Crippen LogP contribution < -0.4 is 5.32 Å². The molecule has 380 valence electrons. The number of amides is 1. The number of hydrogen-bond acceptors (Lipinski definition) is 5. The van der Waals surface area contributed by atoms with Crippen LogP contribution >= 0.6 is 0 Å². The van der Waals surface area contributed by atoms with Crippen molar-refractivity contribution in [1.29, 1.82) is 0 Å². The summed E-state index contributed by atoms with van der Waals surface area (Å²) in [5, 5.41) is 23.3. The van der Waals surface area contributed by atoms with Crippen LogP contribution in [0.25, 0.3) is 0 Å². The first-order valence-electron chi connectivity index (χ1n) is 28.9. The van der Waals surface area contributed by atoms with E-state index in [1.807, 2.05) is 0 Å². The number of unbranched alkanes of at least 4 members (excludes halogenated alkanes) is 41. The third-order valence-corrected chi connectivity index (χ3v) is 13.6. The number of aliphatic hydroxyl groups excluding tert-OH is 2. The Balaban J connectivity index is 3.43. The SMILES string of the molecule is CCCCCCCCCCCCCCCCCC(O)C(CO)NC(=O)CCCCCCCCC/C=C\CCCCCCCCCCCOC(=O)CCCCCCCCCCCCCC. The van der Waals surface area contributed by atoms with Crippen molar-refractivity contribution in [1.82, 2.24) is 5.32 Å². The van der Waals surface area contributed by atoms with E-state index >= 15 is 0 Å². The maximum absolute atomic E-state index is 12.5. The number of carbonyl (C=O) groups is 2. The van der Waals surface area contributed by atoms with E-state index in [0.29, 0.717) is 25.9 Å². The molecule has 0 aliphatic carbocycles. The monoisotopic (exact) mass is 904 g/mol. The van der Waals surface area contributed by atoms with E-state index in [2.05, 4.69) is 31.3 Å². The summed E-state index contributed by atoms with van der Waals surface area (Å²) in [6.45, 7) is 4.96. The van der Waals surface area contributed by atoms with Gasteiger partial charge in [0.2, 0.25) is 5.91 Å². The summed E-state index contributed by atoms with van der Waals surface area (Å²) in [7, 11) is 0. The van der Waals surface area contributed by atoms with Gasteiger partial charge in [-0.15, -0.1) is 0 Å². The van der Waals surface area contributed by atoms with Crippen molar-refractivity contribution < 1.29 is 24.5 Å². The minimum atomic E-state index is -0.668. The zero-order valence-electron chi connectivity index (χ0n) is 43.3. The van der Waals surface area contributed by atoms with Gasteiger partial charge in [-0.1, -0.05) is 270 Å². The first-order chi connectivity index (χ1) is 31.5. The smallest absolute Gasteiger partial charge is 0.305 e. The van der Waals surface area contributed by atoms with Crippen LogP contribution in [0.5, 0.6) is 0 Å². The van der Waals surface area contributed by atoms with Crippen LogP contribution in [0.1, 0.15) is 322 Å². The maximum Gasteiger partial charge on any atom is 0.305 e. The Hall–Kier alpha value is -1.40. The van der Waals surface area contributed by atoms with Crippen molar-refractivity contribution in [2.75, 3.05) is 13.2 Å². The molecule has 0 rings (SSSR count). The third kappa shape index (κ3) is 50.0. The van der Waals surface area contributed by atoms with E-state index < -0.39 is 12.1 Å². The van der Waals surface area contributed by atoms with Gasteiger partial charge in [0, 0.05) is 12.8 Å². The molecule has 0 aromatic heterocycles. The summed E-state index contributed by atoms with van der Waals surface area (Å²) in [6, 6.07) is -0.546. The van der Waals surface area contributed by atoms with E-state index in [1.165, 1.54) is 250 Å². The van der Waals surface area contributed by atoms with Crippen LogP contribution in [0.4, 0.5) is 0 Å². The van der Waals surface area contributed by atoms with Crippen molar-refractivity contribution in [2.45, 2.75) is 334 Å². The van der Waals surface area contributed by atoms with E-state index in [-0.39, 0.29) is 18.5 Å². The fourth-order valence-corrected chi connectivity index (χ4v) is 9.11. The molecule has 2 atom stereocenters. The third-order valence-electron chi connectivity index (χ3n) is 13.6. The molecule has 1 amide bonds. The molecule has 0 bridgehead atoms. The molecule has 0 saturated heterocycles. The molecule has 64 heavy (non-hydrogen) atoms. The van der Waals surface area contributed by atoms with Crippen LogP contribution in [0, 0.1) is 0 Å². The van der Waals surface area contributed by atoms with Crippen molar-refractivity contribution in [3.8, 4) is 0 Å². The van der Waals surface area contributed by atoms with Crippen LogP contribution in [0.15, 0.2) is 12.2 Å². The molecule has 0 saturated carbocycles. The number of hydrogen-bond donors (Lipinski definition) is 3. The molecule has 0 spiro atoms. The number of esters is 1. The minimum absolute atomic E-state index is 0.00737. The van der Waals surface area contributed by atoms with Crippen molar-refractivity contribution in [3.05, 3.63) is 12.2 Å². The predicted octanol–water partition coefficient (Wildman–Crippen LogP) is 17.7. The number of allylic oxidation sites excluding steroid dienone is 2. The fraction of sp³-hybridized carbons (Fsp3) is 0.931. The molecule has 3 N–H and O–H groups in total. The highest BCUT2D eigenvalue weighted by atomic mass is 16.5. The van der Waals surface area contributed by atoms with Crippen LogP contribution in [0.3, 0.4) is 0 Å². The Labute approximate surface area is 399 Å². The molecule has 0 heterocycles. The zero-order valence-corrected chi connectivity index (χ0v) is 43.3. The summed E-state index contributed by atoms with van der Waals surface area (Å²) in [5.41, 5.74) is 0. The van der Waals surface area contributed by atoms with E-state index in [9.17, 15) is 19.8 Å². The molecule has 0 aromatic carbocycles. The predicted molar refractivity (Wildman–Crippen MR) is 278 cm³/mol. The summed E-state index contributed by atoms with van der Waals surface area (Å²) >= 11 is 0. The number of rotatable bonds is 54. The average molecular weight is 905 g/mol. The van der Waals surface area contributed by atoms with Gasteiger partial charge in [0.25, 0.3) is 0 Å². The van der Waals surface area contributed by atoms with Crippen molar-refractivity contribution in [2.24, 2.45) is 0 Å². The summed E-state index contributed by atoms with van der Waals surface area (Å²) in [4.78, 5) is 24.5. The normalized spacial score (nSPS) is 12.6. The lowest BCUT2D eigenvalue weighted by Crippen LogP contribution is -2.45. The molecule has 6 heteroatoms. The topological polar surface area (TPSA) is 95.9 Å². The molecule has 0 aromatic rings. The fourth-order valence-electron chi connectivity index (χ4n) is 9.11. The van der Waals surface area contributed by atoms with Crippen molar-refractivity contribution in [3.63, 3.8) is 0 Å². The summed E-state index contributed by atoms with van der Waals surface area (Å²) in [5.74, 6) is -0.0343. The van der Waals surface area contributed by atoms with Gasteiger partial charge in [0.15, 0.2) is 0 Å². The van der Waals surface area contributed by atoms with Gasteiger partial charge in [0.05, 0.1) is 25.4 Å². The zero-order chi connectivity index (χ0) is 46.5. The molecular formula is C58H113NO5. The highest BCUT2D eigenvalue weighted by Gasteiger charge is 2.20. The largest absolute Gasteiger partial charge is 0.466 e. The second-order valence-corrected chi connectivity index (χ2v) is 20.0. The molecule has 0 radical (unpaired) electrons. The average Bonchev–Trinajstić information content (AvgIpc) is 3.29. The quantitative estimate of drug-likeness (QED) is 0.0321. The van der Waals surface area contributed by atoms with Gasteiger partial charge in [0.1, 0.15) is 0 Å². The van der Waals surface area contributed by atoms with Crippen molar-refractivity contribution >= 4 is 11.9 Å². The molecule has 0 fully saturated rings. The highest BCUT2D eigenvalue weighted by Crippen LogP contribution is 2.17. The number of carbonyl (C=O) groups excluding carboxylic acids is 2. The summed E-state index contributed by atoms with van der Waals surface area (Å²) < 4.78 is 5.46. The maximum atomic E-state index is 12.5.